The lowest BCUT2D eigenvalue weighted by atomic mass is 9.86. The number of allylic oxidation sites excluding steroid dienone is 4. The Kier molecular flexibility index (Phi) is 8.83. The molecule has 0 saturated carbocycles. The van der Waals surface area contributed by atoms with E-state index < -0.39 is 0 Å². The number of anilines is 2. The Hall–Kier alpha value is -2.96. The van der Waals surface area contributed by atoms with Crippen LogP contribution in [0.5, 0.6) is 0 Å². The van der Waals surface area contributed by atoms with Gasteiger partial charge in [-0.1, -0.05) is 43.2 Å². The molecule has 206 valence electrons. The van der Waals surface area contributed by atoms with Crippen molar-refractivity contribution in [3.63, 3.8) is 0 Å². The number of halogens is 1. The van der Waals surface area contributed by atoms with Gasteiger partial charge in [0, 0.05) is 36.9 Å². The third kappa shape index (κ3) is 6.98. The lowest BCUT2D eigenvalue weighted by Crippen LogP contribution is -2.15. The Morgan fingerprint density at radius 2 is 1.92 bits per heavy atom. The zero-order chi connectivity index (χ0) is 27.4. The van der Waals surface area contributed by atoms with Crippen molar-refractivity contribution in [2.45, 2.75) is 65.7 Å². The summed E-state index contributed by atoms with van der Waals surface area (Å²) in [6, 6.07) is 7.72. The molecule has 6 nitrogen and oxygen atoms in total. The van der Waals surface area contributed by atoms with Crippen molar-refractivity contribution in [1.29, 1.82) is 0 Å². The number of aromatic nitrogens is 3. The fourth-order valence-electron chi connectivity index (χ4n) is 5.65. The van der Waals surface area contributed by atoms with Gasteiger partial charge in [-0.25, -0.2) is 9.97 Å². The molecule has 3 aromatic rings. The quantitative estimate of drug-likeness (QED) is 0.218. The van der Waals surface area contributed by atoms with Gasteiger partial charge in [-0.05, 0) is 93.0 Å². The second-order valence-corrected chi connectivity index (χ2v) is 11.7. The van der Waals surface area contributed by atoms with Gasteiger partial charge in [-0.15, -0.1) is 0 Å². The van der Waals surface area contributed by atoms with E-state index in [-0.39, 0.29) is 5.78 Å². The molecule has 1 aliphatic carbocycles. The summed E-state index contributed by atoms with van der Waals surface area (Å²) in [5.41, 5.74) is 5.80. The molecular weight excluding hydrogens is 508 g/mol. The molecule has 1 aromatic carbocycles. The zero-order valence-corrected chi connectivity index (χ0v) is 24.0. The van der Waals surface area contributed by atoms with Crippen molar-refractivity contribution < 1.29 is 9.53 Å². The summed E-state index contributed by atoms with van der Waals surface area (Å²) in [4.78, 5) is 25.4. The maximum atomic E-state index is 12.9. The van der Waals surface area contributed by atoms with Gasteiger partial charge in [0.2, 0.25) is 5.95 Å². The number of carbonyl (C=O) groups excluding carboxylic acids is 1. The van der Waals surface area contributed by atoms with E-state index in [2.05, 4.69) is 48.2 Å². The number of Topliss-reactive ketones (excluding diaryl/α,β-unsaturated/α-hetero) is 1. The van der Waals surface area contributed by atoms with Crippen LogP contribution in [0.25, 0.3) is 16.5 Å². The van der Waals surface area contributed by atoms with Crippen LogP contribution >= 0.6 is 11.6 Å². The lowest BCUT2D eigenvalue weighted by molar-refractivity contribution is 0.0629. The van der Waals surface area contributed by atoms with Crippen molar-refractivity contribution >= 4 is 45.5 Å². The first-order chi connectivity index (χ1) is 18.9. The van der Waals surface area contributed by atoms with E-state index in [1.807, 2.05) is 24.3 Å². The number of hydrogen-bond acceptors (Lipinski definition) is 5. The van der Waals surface area contributed by atoms with Crippen LogP contribution in [0.4, 0.5) is 11.6 Å². The molecular formula is C32H39ClN4O2. The van der Waals surface area contributed by atoms with Crippen LogP contribution in [-0.2, 0) is 4.74 Å². The van der Waals surface area contributed by atoms with Crippen LogP contribution in [0.1, 0.15) is 81.9 Å². The molecule has 2 aromatic heterocycles. The van der Waals surface area contributed by atoms with E-state index in [1.54, 1.807) is 6.20 Å². The Morgan fingerprint density at radius 3 is 2.74 bits per heavy atom. The number of hydrogen-bond donors (Lipinski definition) is 2. The van der Waals surface area contributed by atoms with Crippen molar-refractivity contribution in [3.8, 4) is 0 Å². The minimum atomic E-state index is 0.126. The number of fused-ring (bicyclic) bond motifs is 1. The van der Waals surface area contributed by atoms with Gasteiger partial charge in [-0.2, -0.15) is 0 Å². The Bertz CT molecular complexity index is 1390. The number of H-pyrrole nitrogens is 1. The minimum absolute atomic E-state index is 0.126. The monoisotopic (exact) mass is 546 g/mol. The maximum Gasteiger partial charge on any atom is 0.227 e. The second-order valence-electron chi connectivity index (χ2n) is 11.3. The van der Waals surface area contributed by atoms with Gasteiger partial charge in [-0.3, -0.25) is 4.79 Å². The first-order valence-corrected chi connectivity index (χ1v) is 14.6. The van der Waals surface area contributed by atoms with Crippen LogP contribution < -0.4 is 5.32 Å². The number of carbonyl (C=O) groups is 1. The fraction of sp³-hybridized carbons (Fsp3) is 0.469. The van der Waals surface area contributed by atoms with Gasteiger partial charge < -0.3 is 15.0 Å². The van der Waals surface area contributed by atoms with Gasteiger partial charge in [0.15, 0.2) is 5.78 Å². The molecule has 0 radical (unpaired) electrons. The Labute approximate surface area is 236 Å². The molecule has 2 atom stereocenters. The normalized spacial score (nSPS) is 20.7. The third-order valence-electron chi connectivity index (χ3n) is 8.21. The number of rotatable bonds is 8. The minimum Gasteiger partial charge on any atom is -0.381 e. The highest BCUT2D eigenvalue weighted by Crippen LogP contribution is 2.32. The molecule has 1 saturated heterocycles. The van der Waals surface area contributed by atoms with Crippen LogP contribution in [0, 0.1) is 17.8 Å². The number of aromatic amines is 1. The van der Waals surface area contributed by atoms with Gasteiger partial charge in [0.1, 0.15) is 0 Å². The molecule has 0 bridgehead atoms. The predicted octanol–water partition coefficient (Wildman–Crippen LogP) is 8.53. The molecule has 3 heterocycles. The van der Waals surface area contributed by atoms with E-state index in [1.165, 1.54) is 11.1 Å². The van der Waals surface area contributed by atoms with Crippen molar-refractivity contribution in [1.82, 2.24) is 15.0 Å². The summed E-state index contributed by atoms with van der Waals surface area (Å²) in [6.07, 6.45) is 13.3. The van der Waals surface area contributed by atoms with E-state index in [9.17, 15) is 4.79 Å². The SMILES string of the molecule is CC1=CC(C)C(C)C=C(c2ccnc(Nc3cc(Cl)c4[nH]c(C(=O)CCCC5CCOCC5)cc4c3)n2)CC1. The van der Waals surface area contributed by atoms with Gasteiger partial charge >= 0.3 is 0 Å². The summed E-state index contributed by atoms with van der Waals surface area (Å²) in [5.74, 6) is 2.27. The summed E-state index contributed by atoms with van der Waals surface area (Å²) in [5, 5.41) is 4.77. The highest BCUT2D eigenvalue weighted by molar-refractivity contribution is 6.35. The number of ether oxygens (including phenoxy) is 1. The average Bonchev–Trinajstić information content (AvgIpc) is 3.36. The molecule has 2 unspecified atom stereocenters. The second kappa shape index (κ2) is 12.5. The van der Waals surface area contributed by atoms with E-state index >= 15 is 0 Å². The molecule has 0 spiro atoms. The smallest absolute Gasteiger partial charge is 0.227 e. The molecule has 1 fully saturated rings. The van der Waals surface area contributed by atoms with Crippen molar-refractivity contribution in [2.75, 3.05) is 18.5 Å². The summed E-state index contributed by atoms with van der Waals surface area (Å²) in [6.45, 7) is 8.44. The first kappa shape index (κ1) is 27.6. The number of benzene rings is 1. The molecule has 2 aliphatic rings. The number of ketones is 1. The molecule has 0 amide bonds. The topological polar surface area (TPSA) is 79.9 Å². The first-order valence-electron chi connectivity index (χ1n) is 14.3. The van der Waals surface area contributed by atoms with Crippen LogP contribution in [-0.4, -0.2) is 33.9 Å². The fourth-order valence-corrected chi connectivity index (χ4v) is 5.93. The predicted molar refractivity (Wildman–Crippen MR) is 160 cm³/mol. The average molecular weight is 547 g/mol. The lowest BCUT2D eigenvalue weighted by Gasteiger charge is -2.21. The van der Waals surface area contributed by atoms with Crippen LogP contribution in [0.3, 0.4) is 0 Å². The molecule has 1 aliphatic heterocycles. The summed E-state index contributed by atoms with van der Waals surface area (Å²) in [7, 11) is 0. The van der Waals surface area contributed by atoms with Gasteiger partial charge in [0.25, 0.3) is 0 Å². The third-order valence-corrected chi connectivity index (χ3v) is 8.51. The Morgan fingerprint density at radius 1 is 1.13 bits per heavy atom. The Balaban J connectivity index is 1.28. The number of nitrogens with zero attached hydrogens (tertiary/aromatic N) is 2. The standard InChI is InChI=1S/C32H39ClN4O2/c1-20-7-8-24(16-22(3)21(2)15-20)28-9-12-34-32(37-28)35-26-17-25-18-29(36-31(25)27(33)19-26)30(38)6-4-5-23-10-13-39-14-11-23/h9,12,15-19,21-23,36H,4-8,10-11,13-14H2,1-3H3,(H,34,35,37). The van der Waals surface area contributed by atoms with Crippen LogP contribution in [0.15, 0.2) is 48.2 Å². The van der Waals surface area contributed by atoms with Crippen LogP contribution in [0.2, 0.25) is 5.02 Å². The van der Waals surface area contributed by atoms with Gasteiger partial charge in [0.05, 0.1) is 21.9 Å². The molecule has 39 heavy (non-hydrogen) atoms. The summed E-state index contributed by atoms with van der Waals surface area (Å²) < 4.78 is 5.44. The van der Waals surface area contributed by atoms with E-state index in [0.29, 0.717) is 40.8 Å². The number of nitrogens with one attached hydrogen (secondary N) is 2. The van der Waals surface area contributed by atoms with Crippen molar-refractivity contribution in [2.24, 2.45) is 17.8 Å². The van der Waals surface area contributed by atoms with Crippen molar-refractivity contribution in [3.05, 3.63) is 64.6 Å². The highest BCUT2D eigenvalue weighted by Gasteiger charge is 2.18. The van der Waals surface area contributed by atoms with E-state index in [4.69, 9.17) is 21.3 Å². The zero-order valence-electron chi connectivity index (χ0n) is 23.2. The summed E-state index contributed by atoms with van der Waals surface area (Å²) >= 11 is 6.63. The molecule has 2 N–H and O–H groups in total. The molecule has 5 rings (SSSR count). The maximum absolute atomic E-state index is 12.9. The highest BCUT2D eigenvalue weighted by atomic mass is 35.5. The molecule has 7 heteroatoms. The van der Waals surface area contributed by atoms with E-state index in [0.717, 1.165) is 74.0 Å². The largest absolute Gasteiger partial charge is 0.381 e.